The van der Waals surface area contributed by atoms with E-state index < -0.39 is 0 Å². The molecule has 0 aromatic heterocycles. The van der Waals surface area contributed by atoms with Gasteiger partial charge in [0.15, 0.2) is 0 Å². The first-order chi connectivity index (χ1) is 15.1. The largest absolute Gasteiger partial charge is 0.494 e. The fraction of sp³-hybridized carbons (Fsp3) is 0.458. The van der Waals surface area contributed by atoms with Crippen molar-refractivity contribution < 1.29 is 9.53 Å². The van der Waals surface area contributed by atoms with Gasteiger partial charge in [-0.25, -0.2) is 4.79 Å². The number of benzene rings is 2. The van der Waals surface area contributed by atoms with Crippen LogP contribution in [-0.2, 0) is 0 Å². The quantitative estimate of drug-likeness (QED) is 0.526. The van der Waals surface area contributed by atoms with E-state index in [9.17, 15) is 4.79 Å². The van der Waals surface area contributed by atoms with Gasteiger partial charge < -0.3 is 14.5 Å². The van der Waals surface area contributed by atoms with Crippen molar-refractivity contribution in [3.05, 3.63) is 58.6 Å². The summed E-state index contributed by atoms with van der Waals surface area (Å²) >= 11 is 11.9. The summed E-state index contributed by atoms with van der Waals surface area (Å²) < 4.78 is 5.84. The number of piperidine rings is 1. The molecule has 2 aromatic carbocycles. The minimum atomic E-state index is 0.0940. The van der Waals surface area contributed by atoms with Crippen LogP contribution in [0.5, 0.6) is 5.75 Å². The molecule has 2 aromatic rings. The van der Waals surface area contributed by atoms with Crippen LogP contribution < -0.4 is 9.64 Å². The Labute approximate surface area is 194 Å². The van der Waals surface area contributed by atoms with Crippen molar-refractivity contribution >= 4 is 34.9 Å². The van der Waals surface area contributed by atoms with Crippen molar-refractivity contribution in [2.75, 3.05) is 50.8 Å². The highest BCUT2D eigenvalue weighted by molar-refractivity contribution is 6.30. The van der Waals surface area contributed by atoms with Crippen molar-refractivity contribution in [1.82, 2.24) is 9.80 Å². The molecule has 2 aliphatic heterocycles. The maximum absolute atomic E-state index is 12.7. The smallest absolute Gasteiger partial charge is 0.324 e. The fourth-order valence-electron chi connectivity index (χ4n) is 4.29. The number of carbonyl (C=O) groups excluding carboxylic acids is 1. The number of ether oxygens (including phenoxy) is 1. The molecule has 0 saturated carbocycles. The van der Waals surface area contributed by atoms with Gasteiger partial charge in [-0.3, -0.25) is 4.90 Å². The van der Waals surface area contributed by atoms with Crippen LogP contribution in [0.25, 0.3) is 0 Å². The van der Waals surface area contributed by atoms with Crippen LogP contribution in [0.3, 0.4) is 0 Å². The average Bonchev–Trinajstić information content (AvgIpc) is 3.15. The molecule has 2 heterocycles. The Morgan fingerprint density at radius 2 is 1.48 bits per heavy atom. The Balaban J connectivity index is 1.14. The number of rotatable bonds is 8. The van der Waals surface area contributed by atoms with Crippen LogP contribution >= 0.6 is 23.2 Å². The minimum absolute atomic E-state index is 0.0940. The first-order valence-electron chi connectivity index (χ1n) is 11.0. The van der Waals surface area contributed by atoms with E-state index in [0.717, 1.165) is 68.8 Å². The summed E-state index contributed by atoms with van der Waals surface area (Å²) in [6.45, 7) is 6.16. The molecule has 31 heavy (non-hydrogen) atoms. The molecular weight excluding hydrogens is 433 g/mol. The predicted molar refractivity (Wildman–Crippen MR) is 126 cm³/mol. The Bertz CT molecular complexity index is 852. The zero-order valence-corrected chi connectivity index (χ0v) is 19.2. The summed E-state index contributed by atoms with van der Waals surface area (Å²) in [5.74, 6) is 1.59. The van der Waals surface area contributed by atoms with E-state index in [4.69, 9.17) is 27.9 Å². The summed E-state index contributed by atoms with van der Waals surface area (Å²) in [4.78, 5) is 19.0. The van der Waals surface area contributed by atoms with E-state index >= 15 is 0 Å². The number of likely N-dealkylation sites (tertiary alicyclic amines) is 1. The van der Waals surface area contributed by atoms with Crippen molar-refractivity contribution in [2.45, 2.75) is 19.3 Å². The van der Waals surface area contributed by atoms with Gasteiger partial charge >= 0.3 is 6.03 Å². The topological polar surface area (TPSA) is 36.0 Å². The molecule has 0 N–H and O–H groups in total. The zero-order valence-electron chi connectivity index (χ0n) is 17.7. The predicted octanol–water partition coefficient (Wildman–Crippen LogP) is 5.42. The maximum Gasteiger partial charge on any atom is 0.324 e. The number of anilines is 1. The molecule has 0 aliphatic carbocycles. The van der Waals surface area contributed by atoms with Gasteiger partial charge in [0.1, 0.15) is 5.75 Å². The lowest BCUT2D eigenvalue weighted by Gasteiger charge is -2.33. The Morgan fingerprint density at radius 3 is 2.16 bits per heavy atom. The molecule has 0 spiro atoms. The monoisotopic (exact) mass is 461 g/mol. The SMILES string of the molecule is O=C1N(CCN2CCC(CCOc3ccc(Cl)cc3)CC2)CCN1c1ccc(Cl)cc1. The molecular formula is C24H29Cl2N3O2. The number of urea groups is 1. The molecule has 4 rings (SSSR count). The number of nitrogens with zero attached hydrogens (tertiary/aromatic N) is 3. The van der Waals surface area contributed by atoms with Gasteiger partial charge in [0.2, 0.25) is 0 Å². The fourth-order valence-corrected chi connectivity index (χ4v) is 4.54. The summed E-state index contributed by atoms with van der Waals surface area (Å²) in [6, 6.07) is 15.1. The van der Waals surface area contributed by atoms with Crippen molar-refractivity contribution in [3.8, 4) is 5.75 Å². The van der Waals surface area contributed by atoms with Gasteiger partial charge in [0.05, 0.1) is 6.61 Å². The van der Waals surface area contributed by atoms with Crippen molar-refractivity contribution in [1.29, 1.82) is 0 Å². The third-order valence-electron chi connectivity index (χ3n) is 6.24. The second-order valence-corrected chi connectivity index (χ2v) is 9.15. The molecule has 166 valence electrons. The lowest BCUT2D eigenvalue weighted by Crippen LogP contribution is -2.41. The average molecular weight is 462 g/mol. The number of hydrogen-bond donors (Lipinski definition) is 0. The summed E-state index contributed by atoms with van der Waals surface area (Å²) in [5, 5.41) is 1.42. The van der Waals surface area contributed by atoms with E-state index in [0.29, 0.717) is 10.9 Å². The first kappa shape index (κ1) is 22.3. The molecule has 0 bridgehead atoms. The van der Waals surface area contributed by atoms with Crippen LogP contribution in [0.1, 0.15) is 19.3 Å². The van der Waals surface area contributed by atoms with Gasteiger partial charge in [-0.2, -0.15) is 0 Å². The second-order valence-electron chi connectivity index (χ2n) is 8.27. The molecule has 2 saturated heterocycles. The molecule has 2 fully saturated rings. The van der Waals surface area contributed by atoms with E-state index in [-0.39, 0.29) is 6.03 Å². The van der Waals surface area contributed by atoms with Gasteiger partial charge in [-0.15, -0.1) is 0 Å². The number of carbonyl (C=O) groups is 1. The molecule has 0 atom stereocenters. The number of amides is 2. The molecule has 5 nitrogen and oxygen atoms in total. The summed E-state index contributed by atoms with van der Waals surface area (Å²) in [5.41, 5.74) is 0.915. The van der Waals surface area contributed by atoms with Crippen LogP contribution in [0.2, 0.25) is 10.0 Å². The molecule has 2 amide bonds. The van der Waals surface area contributed by atoms with Crippen molar-refractivity contribution in [2.24, 2.45) is 5.92 Å². The molecule has 2 aliphatic rings. The van der Waals surface area contributed by atoms with Gasteiger partial charge in [-0.1, -0.05) is 23.2 Å². The number of hydrogen-bond acceptors (Lipinski definition) is 3. The normalized spacial score (nSPS) is 18.1. The molecule has 0 radical (unpaired) electrons. The zero-order chi connectivity index (χ0) is 21.6. The highest BCUT2D eigenvalue weighted by atomic mass is 35.5. The third kappa shape index (κ3) is 6.06. The highest BCUT2D eigenvalue weighted by Gasteiger charge is 2.30. The summed E-state index contributed by atoms with van der Waals surface area (Å²) in [7, 11) is 0. The second kappa shape index (κ2) is 10.6. The summed E-state index contributed by atoms with van der Waals surface area (Å²) in [6.07, 6.45) is 3.46. The Hall–Kier alpha value is -1.95. The van der Waals surface area contributed by atoms with Gasteiger partial charge in [0, 0.05) is 41.9 Å². The lowest BCUT2D eigenvalue weighted by molar-refractivity contribution is 0.151. The lowest BCUT2D eigenvalue weighted by atomic mass is 9.94. The Kier molecular flexibility index (Phi) is 7.59. The standard InChI is InChI=1S/C24H29Cl2N3O2/c25-20-1-5-22(6-2-20)29-17-16-28(24(29)30)15-14-27-12-9-19(10-13-27)11-18-31-23-7-3-21(26)4-8-23/h1-8,19H,9-18H2. The first-order valence-corrected chi connectivity index (χ1v) is 11.8. The number of halogens is 2. The maximum atomic E-state index is 12.7. The highest BCUT2D eigenvalue weighted by Crippen LogP contribution is 2.24. The van der Waals surface area contributed by atoms with Gasteiger partial charge in [-0.05, 0) is 86.8 Å². The molecule has 7 heteroatoms. The third-order valence-corrected chi connectivity index (χ3v) is 6.74. The van der Waals surface area contributed by atoms with E-state index in [1.165, 1.54) is 12.8 Å². The van der Waals surface area contributed by atoms with Crippen LogP contribution in [0.4, 0.5) is 10.5 Å². The minimum Gasteiger partial charge on any atom is -0.494 e. The van der Waals surface area contributed by atoms with Gasteiger partial charge in [0.25, 0.3) is 0 Å². The van der Waals surface area contributed by atoms with Crippen LogP contribution in [0.15, 0.2) is 48.5 Å². The van der Waals surface area contributed by atoms with E-state index in [2.05, 4.69) is 4.90 Å². The van der Waals surface area contributed by atoms with Crippen LogP contribution in [0, 0.1) is 5.92 Å². The Morgan fingerprint density at radius 1 is 0.839 bits per heavy atom. The van der Waals surface area contributed by atoms with E-state index in [1.54, 1.807) is 0 Å². The van der Waals surface area contributed by atoms with E-state index in [1.807, 2.05) is 58.3 Å². The van der Waals surface area contributed by atoms with Crippen molar-refractivity contribution in [3.63, 3.8) is 0 Å². The van der Waals surface area contributed by atoms with Crippen LogP contribution in [-0.4, -0.2) is 61.7 Å². The molecule has 0 unspecified atom stereocenters.